The third-order valence-electron chi connectivity index (χ3n) is 5.73. The molecule has 1 fully saturated rings. The number of para-hydroxylation sites is 1. The van der Waals surface area contributed by atoms with Gasteiger partial charge in [0, 0.05) is 12.1 Å². The maximum atomic E-state index is 13.6. The maximum absolute atomic E-state index is 13.6. The zero-order chi connectivity index (χ0) is 23.5. The SMILES string of the molecule is CCCCCN1C(=O)/C(=C2\SC(=S)N(C(C(=O)OC)c3ccccc3)C2=O)c2ccccc21. The third kappa shape index (κ3) is 4.20. The number of thiocarbonyl (C=S) groups is 1. The number of thioether (sulfide) groups is 1. The zero-order valence-electron chi connectivity index (χ0n) is 18.4. The number of ether oxygens (including phenoxy) is 1. The van der Waals surface area contributed by atoms with Crippen molar-refractivity contribution < 1.29 is 19.1 Å². The van der Waals surface area contributed by atoms with Crippen LogP contribution in [0.5, 0.6) is 0 Å². The van der Waals surface area contributed by atoms with Crippen molar-refractivity contribution in [2.24, 2.45) is 0 Å². The van der Waals surface area contributed by atoms with Crippen LogP contribution in [0.2, 0.25) is 0 Å². The maximum Gasteiger partial charge on any atom is 0.333 e. The number of anilines is 1. The molecule has 0 spiro atoms. The van der Waals surface area contributed by atoms with Gasteiger partial charge in [0.05, 0.1) is 23.3 Å². The molecule has 2 heterocycles. The summed E-state index contributed by atoms with van der Waals surface area (Å²) in [4.78, 5) is 43.1. The normalized spacial score (nSPS) is 18.7. The van der Waals surface area contributed by atoms with E-state index >= 15 is 0 Å². The Kier molecular flexibility index (Phi) is 6.95. The molecule has 0 saturated carbocycles. The third-order valence-corrected chi connectivity index (χ3v) is 7.13. The molecule has 2 aliphatic rings. The number of carbonyl (C=O) groups is 3. The van der Waals surface area contributed by atoms with Crippen molar-refractivity contribution in [2.45, 2.75) is 32.2 Å². The van der Waals surface area contributed by atoms with Crippen molar-refractivity contribution in [3.63, 3.8) is 0 Å². The average Bonchev–Trinajstić information content (AvgIpc) is 3.27. The molecule has 0 aromatic heterocycles. The van der Waals surface area contributed by atoms with Gasteiger partial charge < -0.3 is 9.64 Å². The number of benzene rings is 2. The van der Waals surface area contributed by atoms with Crippen LogP contribution in [0.25, 0.3) is 5.57 Å². The number of carbonyl (C=O) groups excluding carboxylic acids is 3. The number of rotatable bonds is 7. The molecule has 2 aliphatic heterocycles. The quantitative estimate of drug-likeness (QED) is 0.248. The van der Waals surface area contributed by atoms with E-state index in [2.05, 4.69) is 6.92 Å². The number of fused-ring (bicyclic) bond motifs is 1. The molecule has 8 heteroatoms. The second kappa shape index (κ2) is 9.89. The van der Waals surface area contributed by atoms with Crippen molar-refractivity contribution >= 4 is 57.3 Å². The summed E-state index contributed by atoms with van der Waals surface area (Å²) in [5.74, 6) is -1.26. The minimum absolute atomic E-state index is 0.206. The lowest BCUT2D eigenvalue weighted by Gasteiger charge is -2.24. The van der Waals surface area contributed by atoms with Crippen LogP contribution in [0.3, 0.4) is 0 Å². The Morgan fingerprint density at radius 3 is 2.42 bits per heavy atom. The molecule has 0 radical (unpaired) electrons. The molecule has 4 rings (SSSR count). The Labute approximate surface area is 202 Å². The van der Waals surface area contributed by atoms with E-state index in [9.17, 15) is 14.4 Å². The Morgan fingerprint density at radius 2 is 1.73 bits per heavy atom. The lowest BCUT2D eigenvalue weighted by atomic mass is 10.0. The predicted molar refractivity (Wildman–Crippen MR) is 133 cm³/mol. The van der Waals surface area contributed by atoms with Gasteiger partial charge in [0.25, 0.3) is 11.8 Å². The molecular formula is C25H24N2O4S2. The van der Waals surface area contributed by atoms with Gasteiger partial charge in [-0.2, -0.15) is 0 Å². The summed E-state index contributed by atoms with van der Waals surface area (Å²) in [5.41, 5.74) is 2.45. The fourth-order valence-corrected chi connectivity index (χ4v) is 5.52. The Balaban J connectivity index is 1.76. The van der Waals surface area contributed by atoms with Gasteiger partial charge in [0.1, 0.15) is 4.32 Å². The van der Waals surface area contributed by atoms with Gasteiger partial charge in [-0.25, -0.2) is 4.79 Å². The van der Waals surface area contributed by atoms with E-state index in [1.54, 1.807) is 29.2 Å². The average molecular weight is 481 g/mol. The standard InChI is InChI=1S/C25H24N2O4S2/c1-3-4-10-15-26-18-14-9-8-13-17(18)19(22(26)28)21-23(29)27(25(32)33-21)20(24(30)31-2)16-11-6-5-7-12-16/h5-9,11-14,20H,3-4,10,15H2,1-2H3/b21-19-. The summed E-state index contributed by atoms with van der Waals surface area (Å²) in [7, 11) is 1.28. The molecule has 0 N–H and O–H groups in total. The highest BCUT2D eigenvalue weighted by Crippen LogP contribution is 2.46. The van der Waals surface area contributed by atoms with E-state index < -0.39 is 17.9 Å². The fraction of sp³-hybridized carbons (Fsp3) is 0.280. The first kappa shape index (κ1) is 23.2. The summed E-state index contributed by atoms with van der Waals surface area (Å²) < 4.78 is 5.21. The molecular weight excluding hydrogens is 456 g/mol. The fourth-order valence-electron chi connectivity index (χ4n) is 4.13. The van der Waals surface area contributed by atoms with Gasteiger partial charge in [-0.15, -0.1) is 0 Å². The van der Waals surface area contributed by atoms with Crippen LogP contribution in [-0.2, 0) is 19.1 Å². The summed E-state index contributed by atoms with van der Waals surface area (Å²) in [6.45, 7) is 2.70. The van der Waals surface area contributed by atoms with Gasteiger partial charge in [0.15, 0.2) is 6.04 Å². The van der Waals surface area contributed by atoms with Gasteiger partial charge in [-0.1, -0.05) is 92.3 Å². The highest BCUT2D eigenvalue weighted by Gasteiger charge is 2.46. The summed E-state index contributed by atoms with van der Waals surface area (Å²) in [6, 6.07) is 15.4. The van der Waals surface area contributed by atoms with Crippen molar-refractivity contribution in [3.05, 3.63) is 70.6 Å². The lowest BCUT2D eigenvalue weighted by molar-refractivity contribution is -0.148. The molecule has 1 unspecified atom stereocenters. The van der Waals surface area contributed by atoms with Crippen molar-refractivity contribution in [2.75, 3.05) is 18.6 Å². The molecule has 0 aliphatic carbocycles. The molecule has 1 saturated heterocycles. The highest BCUT2D eigenvalue weighted by atomic mass is 32.2. The molecule has 0 bridgehead atoms. The number of nitrogens with zero attached hydrogens (tertiary/aromatic N) is 2. The smallest absolute Gasteiger partial charge is 0.333 e. The summed E-state index contributed by atoms with van der Waals surface area (Å²) in [6.07, 6.45) is 2.94. The minimum atomic E-state index is -1.02. The number of hydrogen-bond acceptors (Lipinski definition) is 6. The number of unbranched alkanes of at least 4 members (excludes halogenated alkanes) is 2. The van der Waals surface area contributed by atoms with E-state index in [1.807, 2.05) is 30.3 Å². The van der Waals surface area contributed by atoms with Gasteiger partial charge in [-0.3, -0.25) is 14.5 Å². The van der Waals surface area contributed by atoms with E-state index in [0.717, 1.165) is 36.7 Å². The van der Waals surface area contributed by atoms with Crippen LogP contribution >= 0.6 is 24.0 Å². The Hall–Kier alpha value is -2.97. The van der Waals surface area contributed by atoms with Gasteiger partial charge >= 0.3 is 5.97 Å². The second-order valence-corrected chi connectivity index (χ2v) is 9.41. The van der Waals surface area contributed by atoms with Crippen LogP contribution in [0, 0.1) is 0 Å². The highest BCUT2D eigenvalue weighted by molar-refractivity contribution is 8.26. The minimum Gasteiger partial charge on any atom is -0.467 e. The molecule has 170 valence electrons. The molecule has 6 nitrogen and oxygen atoms in total. The first-order valence-electron chi connectivity index (χ1n) is 10.8. The number of esters is 1. The Morgan fingerprint density at radius 1 is 1.03 bits per heavy atom. The lowest BCUT2D eigenvalue weighted by Crippen LogP contribution is -2.38. The van der Waals surface area contributed by atoms with Crippen LogP contribution in [-0.4, -0.2) is 40.7 Å². The first-order valence-corrected chi connectivity index (χ1v) is 12.1. The van der Waals surface area contributed by atoms with Crippen molar-refractivity contribution in [1.82, 2.24) is 4.90 Å². The molecule has 1 atom stereocenters. The van der Waals surface area contributed by atoms with Crippen LogP contribution < -0.4 is 4.90 Å². The van der Waals surface area contributed by atoms with Crippen LogP contribution in [0.4, 0.5) is 5.69 Å². The van der Waals surface area contributed by atoms with E-state index in [1.165, 1.54) is 12.0 Å². The van der Waals surface area contributed by atoms with Crippen molar-refractivity contribution in [3.8, 4) is 0 Å². The van der Waals surface area contributed by atoms with Crippen LogP contribution in [0.15, 0.2) is 59.5 Å². The largest absolute Gasteiger partial charge is 0.467 e. The molecule has 33 heavy (non-hydrogen) atoms. The van der Waals surface area contributed by atoms with E-state index in [-0.39, 0.29) is 15.1 Å². The molecule has 2 amide bonds. The number of hydrogen-bond donors (Lipinski definition) is 0. The van der Waals surface area contributed by atoms with E-state index in [4.69, 9.17) is 17.0 Å². The first-order chi connectivity index (χ1) is 16.0. The van der Waals surface area contributed by atoms with E-state index in [0.29, 0.717) is 23.2 Å². The number of methoxy groups -OCH3 is 1. The Bertz CT molecular complexity index is 1150. The molecule has 2 aromatic rings. The molecule has 2 aromatic carbocycles. The second-order valence-electron chi connectivity index (χ2n) is 7.76. The van der Waals surface area contributed by atoms with Crippen molar-refractivity contribution in [1.29, 1.82) is 0 Å². The van der Waals surface area contributed by atoms with Gasteiger partial charge in [0.2, 0.25) is 0 Å². The van der Waals surface area contributed by atoms with Crippen LogP contribution in [0.1, 0.15) is 43.4 Å². The van der Waals surface area contributed by atoms with Gasteiger partial charge in [-0.05, 0) is 18.1 Å². The predicted octanol–water partition coefficient (Wildman–Crippen LogP) is 4.71. The summed E-state index contributed by atoms with van der Waals surface area (Å²) >= 11 is 6.59. The topological polar surface area (TPSA) is 66.9 Å². The monoisotopic (exact) mass is 480 g/mol. The zero-order valence-corrected chi connectivity index (χ0v) is 20.1. The number of amides is 2. The summed E-state index contributed by atoms with van der Waals surface area (Å²) in [5, 5.41) is 0.